The SMILES string of the molecule is CC(C)NC(=O)Nc1ccc(NC(=O)CC2CSCCN2)cc1.Cl. The van der Waals surface area contributed by atoms with Crippen LogP contribution in [0.1, 0.15) is 20.3 Å². The molecule has 0 aromatic heterocycles. The Labute approximate surface area is 153 Å². The van der Waals surface area contributed by atoms with Gasteiger partial charge in [-0.15, -0.1) is 12.4 Å². The predicted octanol–water partition coefficient (Wildman–Crippen LogP) is 2.67. The quantitative estimate of drug-likeness (QED) is 0.640. The van der Waals surface area contributed by atoms with E-state index in [9.17, 15) is 9.59 Å². The molecule has 24 heavy (non-hydrogen) atoms. The van der Waals surface area contributed by atoms with Crippen molar-refractivity contribution in [2.45, 2.75) is 32.4 Å². The number of hydrogen-bond acceptors (Lipinski definition) is 4. The molecule has 0 saturated carbocycles. The lowest BCUT2D eigenvalue weighted by Gasteiger charge is -2.22. The molecule has 3 amide bonds. The minimum atomic E-state index is -0.238. The van der Waals surface area contributed by atoms with Crippen LogP contribution in [0.15, 0.2) is 24.3 Å². The Hall–Kier alpha value is -1.44. The molecule has 0 spiro atoms. The van der Waals surface area contributed by atoms with Crippen molar-refractivity contribution in [1.82, 2.24) is 10.6 Å². The molecule has 2 rings (SSSR count). The number of amides is 3. The van der Waals surface area contributed by atoms with Crippen LogP contribution in [-0.2, 0) is 4.79 Å². The third-order valence-corrected chi connectivity index (χ3v) is 4.41. The first-order valence-electron chi connectivity index (χ1n) is 7.81. The maximum atomic E-state index is 12.0. The maximum absolute atomic E-state index is 12.0. The summed E-state index contributed by atoms with van der Waals surface area (Å²) in [5.41, 5.74) is 1.42. The lowest BCUT2D eigenvalue weighted by Crippen LogP contribution is -2.39. The molecular weight excluding hydrogens is 348 g/mol. The Morgan fingerprint density at radius 1 is 1.21 bits per heavy atom. The summed E-state index contributed by atoms with van der Waals surface area (Å²) in [4.78, 5) is 23.6. The van der Waals surface area contributed by atoms with Gasteiger partial charge in [0.1, 0.15) is 0 Å². The van der Waals surface area contributed by atoms with E-state index in [1.165, 1.54) is 0 Å². The van der Waals surface area contributed by atoms with Crippen LogP contribution in [-0.4, -0.2) is 42.1 Å². The van der Waals surface area contributed by atoms with E-state index in [0.717, 1.165) is 23.7 Å². The summed E-state index contributed by atoms with van der Waals surface area (Å²) in [7, 11) is 0. The molecule has 0 aliphatic carbocycles. The van der Waals surface area contributed by atoms with E-state index in [4.69, 9.17) is 0 Å². The Bertz CT molecular complexity index is 533. The number of anilines is 2. The Kier molecular flexibility index (Phi) is 8.95. The van der Waals surface area contributed by atoms with Crippen molar-refractivity contribution >= 4 is 47.5 Å². The molecule has 6 nitrogen and oxygen atoms in total. The smallest absolute Gasteiger partial charge is 0.319 e. The summed E-state index contributed by atoms with van der Waals surface area (Å²) in [5, 5.41) is 11.7. The van der Waals surface area contributed by atoms with Crippen molar-refractivity contribution in [3.63, 3.8) is 0 Å². The van der Waals surface area contributed by atoms with Gasteiger partial charge in [-0.25, -0.2) is 4.79 Å². The molecule has 1 aliphatic heterocycles. The van der Waals surface area contributed by atoms with Crippen LogP contribution in [0, 0.1) is 0 Å². The van der Waals surface area contributed by atoms with Gasteiger partial charge in [0.05, 0.1) is 0 Å². The van der Waals surface area contributed by atoms with E-state index >= 15 is 0 Å². The highest BCUT2D eigenvalue weighted by molar-refractivity contribution is 7.99. The molecule has 4 N–H and O–H groups in total. The first-order valence-corrected chi connectivity index (χ1v) is 8.97. The van der Waals surface area contributed by atoms with Crippen LogP contribution in [0.4, 0.5) is 16.2 Å². The van der Waals surface area contributed by atoms with Crippen LogP contribution in [0.3, 0.4) is 0 Å². The van der Waals surface area contributed by atoms with Crippen molar-refractivity contribution in [3.8, 4) is 0 Å². The van der Waals surface area contributed by atoms with Gasteiger partial charge in [0, 0.05) is 47.9 Å². The third kappa shape index (κ3) is 7.42. The minimum Gasteiger partial charge on any atom is -0.336 e. The highest BCUT2D eigenvalue weighted by atomic mass is 35.5. The van der Waals surface area contributed by atoms with Crippen LogP contribution < -0.4 is 21.3 Å². The van der Waals surface area contributed by atoms with Gasteiger partial charge < -0.3 is 21.3 Å². The second-order valence-electron chi connectivity index (χ2n) is 5.81. The number of halogens is 1. The molecule has 1 aliphatic rings. The zero-order valence-corrected chi connectivity index (χ0v) is 15.6. The summed E-state index contributed by atoms with van der Waals surface area (Å²) >= 11 is 1.87. The van der Waals surface area contributed by atoms with E-state index in [1.54, 1.807) is 24.3 Å². The number of urea groups is 1. The number of nitrogens with one attached hydrogen (secondary N) is 4. The fourth-order valence-electron chi connectivity index (χ4n) is 2.25. The average molecular weight is 373 g/mol. The number of rotatable bonds is 5. The lowest BCUT2D eigenvalue weighted by molar-refractivity contribution is -0.116. The molecule has 1 saturated heterocycles. The summed E-state index contributed by atoms with van der Waals surface area (Å²) in [6.45, 7) is 4.76. The molecule has 1 atom stereocenters. The van der Waals surface area contributed by atoms with E-state index in [2.05, 4.69) is 21.3 Å². The summed E-state index contributed by atoms with van der Waals surface area (Å²) in [6.07, 6.45) is 0.476. The number of carbonyl (C=O) groups excluding carboxylic acids is 2. The van der Waals surface area contributed by atoms with Gasteiger partial charge in [-0.05, 0) is 38.1 Å². The van der Waals surface area contributed by atoms with Crippen molar-refractivity contribution in [2.24, 2.45) is 0 Å². The van der Waals surface area contributed by atoms with Crippen LogP contribution in [0.2, 0.25) is 0 Å². The molecule has 1 fully saturated rings. The first kappa shape index (κ1) is 20.6. The highest BCUT2D eigenvalue weighted by Crippen LogP contribution is 2.15. The number of benzene rings is 1. The monoisotopic (exact) mass is 372 g/mol. The van der Waals surface area contributed by atoms with Gasteiger partial charge in [-0.2, -0.15) is 11.8 Å². The van der Waals surface area contributed by atoms with Gasteiger partial charge in [-0.1, -0.05) is 0 Å². The lowest BCUT2D eigenvalue weighted by atomic mass is 10.2. The van der Waals surface area contributed by atoms with E-state index in [-0.39, 0.29) is 36.4 Å². The van der Waals surface area contributed by atoms with Crippen LogP contribution >= 0.6 is 24.2 Å². The molecule has 0 radical (unpaired) electrons. The summed E-state index contributed by atoms with van der Waals surface area (Å²) in [6, 6.07) is 7.19. The average Bonchev–Trinajstić information content (AvgIpc) is 2.49. The topological polar surface area (TPSA) is 82.3 Å². The van der Waals surface area contributed by atoms with Crippen molar-refractivity contribution < 1.29 is 9.59 Å². The first-order chi connectivity index (χ1) is 11.0. The Balaban J connectivity index is 0.00000288. The molecule has 1 unspecified atom stereocenters. The fourth-order valence-corrected chi connectivity index (χ4v) is 3.20. The summed E-state index contributed by atoms with van der Waals surface area (Å²) < 4.78 is 0. The van der Waals surface area contributed by atoms with E-state index in [0.29, 0.717) is 12.1 Å². The molecule has 0 bridgehead atoms. The van der Waals surface area contributed by atoms with Gasteiger partial charge >= 0.3 is 6.03 Å². The van der Waals surface area contributed by atoms with Crippen LogP contribution in [0.25, 0.3) is 0 Å². The maximum Gasteiger partial charge on any atom is 0.319 e. The normalized spacial score (nSPS) is 16.9. The van der Waals surface area contributed by atoms with Gasteiger partial charge in [0.15, 0.2) is 0 Å². The Morgan fingerprint density at radius 3 is 2.38 bits per heavy atom. The number of carbonyl (C=O) groups is 2. The molecular formula is C16H25ClN4O2S. The van der Waals surface area contributed by atoms with Gasteiger partial charge in [0.25, 0.3) is 0 Å². The molecule has 1 aromatic carbocycles. The fraction of sp³-hybridized carbons (Fsp3) is 0.500. The number of hydrogen-bond donors (Lipinski definition) is 4. The van der Waals surface area contributed by atoms with Gasteiger partial charge in [-0.3, -0.25) is 4.79 Å². The third-order valence-electron chi connectivity index (χ3n) is 3.28. The second-order valence-corrected chi connectivity index (χ2v) is 6.96. The Morgan fingerprint density at radius 2 is 1.83 bits per heavy atom. The van der Waals surface area contributed by atoms with Gasteiger partial charge in [0.2, 0.25) is 5.91 Å². The predicted molar refractivity (Wildman–Crippen MR) is 103 cm³/mol. The molecule has 1 heterocycles. The molecule has 8 heteroatoms. The molecule has 134 valence electrons. The zero-order valence-electron chi connectivity index (χ0n) is 13.9. The largest absolute Gasteiger partial charge is 0.336 e. The second kappa shape index (κ2) is 10.4. The van der Waals surface area contributed by atoms with Crippen LogP contribution in [0.5, 0.6) is 0 Å². The summed E-state index contributed by atoms with van der Waals surface area (Å²) in [5.74, 6) is 2.08. The standard InChI is InChI=1S/C16H24N4O2S.ClH/c1-11(2)18-16(22)20-13-5-3-12(4-6-13)19-15(21)9-14-10-23-8-7-17-14;/h3-6,11,14,17H,7-10H2,1-2H3,(H,19,21)(H2,18,20,22);1H. The molecule has 1 aromatic rings. The highest BCUT2D eigenvalue weighted by Gasteiger charge is 2.16. The van der Waals surface area contributed by atoms with E-state index in [1.807, 2.05) is 25.6 Å². The minimum absolute atomic E-state index is 0. The number of thioether (sulfide) groups is 1. The van der Waals surface area contributed by atoms with Crippen molar-refractivity contribution in [1.29, 1.82) is 0 Å². The van der Waals surface area contributed by atoms with Crippen molar-refractivity contribution in [3.05, 3.63) is 24.3 Å². The zero-order chi connectivity index (χ0) is 16.7. The van der Waals surface area contributed by atoms with Crippen molar-refractivity contribution in [2.75, 3.05) is 28.7 Å². The van der Waals surface area contributed by atoms with E-state index < -0.39 is 0 Å².